The van der Waals surface area contributed by atoms with Crippen LogP contribution in [0.3, 0.4) is 0 Å². The molecule has 0 fully saturated rings. The number of amides is 1. The number of halogens is 2. The molecule has 0 aliphatic carbocycles. The first kappa shape index (κ1) is 18.9. The van der Waals surface area contributed by atoms with Gasteiger partial charge in [0.15, 0.2) is 6.61 Å². The Morgan fingerprint density at radius 2 is 1.68 bits per heavy atom. The van der Waals surface area contributed by atoms with E-state index in [1.165, 1.54) is 18.2 Å². The Labute approximate surface area is 150 Å². The standard InChI is InChI=1S/C18H19ClFNO4/c1-2-23-13-3-5-14(6-4-13)24-10-9-21-18(22)12-25-15-7-8-17(20)16(19)11-15/h3-8,11H,2,9-10,12H2,1H3,(H,21,22). The monoisotopic (exact) mass is 367 g/mol. The lowest BCUT2D eigenvalue weighted by Gasteiger charge is -2.10. The van der Waals surface area contributed by atoms with Gasteiger partial charge < -0.3 is 19.5 Å². The van der Waals surface area contributed by atoms with Crippen molar-refractivity contribution >= 4 is 17.5 Å². The van der Waals surface area contributed by atoms with E-state index in [0.29, 0.717) is 31.3 Å². The zero-order chi connectivity index (χ0) is 18.1. The molecule has 1 amide bonds. The molecule has 0 atom stereocenters. The molecule has 5 nitrogen and oxygen atoms in total. The predicted octanol–water partition coefficient (Wildman–Crippen LogP) is 3.45. The third-order valence-corrected chi connectivity index (χ3v) is 3.38. The second-order valence-corrected chi connectivity index (χ2v) is 5.37. The van der Waals surface area contributed by atoms with Crippen molar-refractivity contribution in [3.05, 3.63) is 53.3 Å². The van der Waals surface area contributed by atoms with Gasteiger partial charge in [-0.05, 0) is 43.3 Å². The highest BCUT2D eigenvalue weighted by Crippen LogP contribution is 2.21. The predicted molar refractivity (Wildman–Crippen MR) is 93.0 cm³/mol. The highest BCUT2D eigenvalue weighted by atomic mass is 35.5. The van der Waals surface area contributed by atoms with Gasteiger partial charge in [-0.1, -0.05) is 11.6 Å². The van der Waals surface area contributed by atoms with E-state index in [-0.39, 0.29) is 17.5 Å². The average Bonchev–Trinajstić information content (AvgIpc) is 2.61. The lowest BCUT2D eigenvalue weighted by Crippen LogP contribution is -2.32. The summed E-state index contributed by atoms with van der Waals surface area (Å²) >= 11 is 5.64. The van der Waals surface area contributed by atoms with Crippen LogP contribution in [0.5, 0.6) is 17.2 Å². The van der Waals surface area contributed by atoms with Crippen molar-refractivity contribution < 1.29 is 23.4 Å². The van der Waals surface area contributed by atoms with Gasteiger partial charge in [0, 0.05) is 6.07 Å². The summed E-state index contributed by atoms with van der Waals surface area (Å²) in [5, 5.41) is 2.61. The van der Waals surface area contributed by atoms with E-state index in [4.69, 9.17) is 25.8 Å². The number of benzene rings is 2. The normalized spacial score (nSPS) is 10.2. The molecule has 2 aromatic carbocycles. The van der Waals surface area contributed by atoms with Crippen LogP contribution in [0.2, 0.25) is 5.02 Å². The summed E-state index contributed by atoms with van der Waals surface area (Å²) in [4.78, 5) is 11.7. The van der Waals surface area contributed by atoms with Crippen LogP contribution < -0.4 is 19.5 Å². The zero-order valence-corrected chi connectivity index (χ0v) is 14.5. The molecule has 134 valence electrons. The second-order valence-electron chi connectivity index (χ2n) is 4.97. The SMILES string of the molecule is CCOc1ccc(OCCNC(=O)COc2ccc(F)c(Cl)c2)cc1. The number of carbonyl (C=O) groups excluding carboxylic acids is 1. The number of nitrogens with one attached hydrogen (secondary N) is 1. The molecule has 2 rings (SSSR count). The minimum absolute atomic E-state index is 0.0540. The third-order valence-electron chi connectivity index (χ3n) is 3.09. The fourth-order valence-electron chi connectivity index (χ4n) is 1.92. The van der Waals surface area contributed by atoms with Crippen molar-refractivity contribution in [3.8, 4) is 17.2 Å². The first-order chi connectivity index (χ1) is 12.1. The van der Waals surface area contributed by atoms with E-state index in [0.717, 1.165) is 5.75 Å². The summed E-state index contributed by atoms with van der Waals surface area (Å²) in [5.74, 6) is 0.948. The molecule has 0 radical (unpaired) electrons. The quantitative estimate of drug-likeness (QED) is 0.690. The fourth-order valence-corrected chi connectivity index (χ4v) is 2.10. The van der Waals surface area contributed by atoms with Crippen LogP contribution >= 0.6 is 11.6 Å². The lowest BCUT2D eigenvalue weighted by molar-refractivity contribution is -0.123. The van der Waals surface area contributed by atoms with E-state index < -0.39 is 5.82 Å². The largest absolute Gasteiger partial charge is 0.494 e. The summed E-state index contributed by atoms with van der Waals surface area (Å²) < 4.78 is 29.1. The first-order valence-corrected chi connectivity index (χ1v) is 8.16. The summed E-state index contributed by atoms with van der Waals surface area (Å²) in [5.41, 5.74) is 0. The van der Waals surface area contributed by atoms with Gasteiger partial charge in [0.1, 0.15) is 29.7 Å². The molecule has 0 aliphatic heterocycles. The van der Waals surface area contributed by atoms with E-state index in [9.17, 15) is 9.18 Å². The molecule has 0 aromatic heterocycles. The molecule has 7 heteroatoms. The summed E-state index contributed by atoms with van der Waals surface area (Å²) in [6, 6.07) is 11.1. The molecule has 0 aliphatic rings. The Balaban J connectivity index is 1.64. The van der Waals surface area contributed by atoms with Crippen LogP contribution in [0.1, 0.15) is 6.92 Å². The van der Waals surface area contributed by atoms with Crippen molar-refractivity contribution in [2.75, 3.05) is 26.4 Å². The molecule has 1 N–H and O–H groups in total. The van der Waals surface area contributed by atoms with E-state index in [1.54, 1.807) is 12.1 Å². The number of hydrogen-bond acceptors (Lipinski definition) is 4. The van der Waals surface area contributed by atoms with E-state index >= 15 is 0 Å². The van der Waals surface area contributed by atoms with Crippen molar-refractivity contribution in [2.45, 2.75) is 6.92 Å². The maximum absolute atomic E-state index is 13.0. The maximum atomic E-state index is 13.0. The van der Waals surface area contributed by atoms with Crippen LogP contribution in [0.25, 0.3) is 0 Å². The molecule has 0 unspecified atom stereocenters. The molecule has 2 aromatic rings. The Morgan fingerprint density at radius 1 is 1.04 bits per heavy atom. The Bertz CT molecular complexity index is 694. The van der Waals surface area contributed by atoms with Gasteiger partial charge in [-0.2, -0.15) is 0 Å². The Hall–Kier alpha value is -2.47. The number of rotatable bonds is 9. The number of ether oxygens (including phenoxy) is 3. The molecule has 0 spiro atoms. The van der Waals surface area contributed by atoms with Crippen molar-refractivity contribution in [1.82, 2.24) is 5.32 Å². The minimum Gasteiger partial charge on any atom is -0.494 e. The smallest absolute Gasteiger partial charge is 0.258 e. The Morgan fingerprint density at radius 3 is 2.32 bits per heavy atom. The fraction of sp³-hybridized carbons (Fsp3) is 0.278. The Kier molecular flexibility index (Phi) is 7.35. The van der Waals surface area contributed by atoms with Crippen LogP contribution in [0, 0.1) is 5.82 Å². The van der Waals surface area contributed by atoms with Gasteiger partial charge in [0.25, 0.3) is 5.91 Å². The summed E-state index contributed by atoms with van der Waals surface area (Å²) in [7, 11) is 0. The van der Waals surface area contributed by atoms with Crippen LogP contribution in [-0.2, 0) is 4.79 Å². The average molecular weight is 368 g/mol. The van der Waals surface area contributed by atoms with Gasteiger partial charge >= 0.3 is 0 Å². The van der Waals surface area contributed by atoms with Gasteiger partial charge in [-0.15, -0.1) is 0 Å². The second kappa shape index (κ2) is 9.74. The highest BCUT2D eigenvalue weighted by molar-refractivity contribution is 6.30. The lowest BCUT2D eigenvalue weighted by atomic mass is 10.3. The first-order valence-electron chi connectivity index (χ1n) is 7.78. The molecular formula is C18H19ClFNO4. The van der Waals surface area contributed by atoms with Crippen molar-refractivity contribution in [2.24, 2.45) is 0 Å². The molecule has 0 saturated heterocycles. The molecule has 0 saturated carbocycles. The van der Waals surface area contributed by atoms with E-state index in [2.05, 4.69) is 5.32 Å². The van der Waals surface area contributed by atoms with E-state index in [1.807, 2.05) is 19.1 Å². The highest BCUT2D eigenvalue weighted by Gasteiger charge is 2.05. The minimum atomic E-state index is -0.537. The topological polar surface area (TPSA) is 56.8 Å². The van der Waals surface area contributed by atoms with Crippen molar-refractivity contribution in [1.29, 1.82) is 0 Å². The summed E-state index contributed by atoms with van der Waals surface area (Å²) in [6.45, 7) is 2.99. The zero-order valence-electron chi connectivity index (χ0n) is 13.8. The van der Waals surface area contributed by atoms with Crippen LogP contribution in [-0.4, -0.2) is 32.3 Å². The van der Waals surface area contributed by atoms with Gasteiger partial charge in [0.05, 0.1) is 18.2 Å². The molecule has 25 heavy (non-hydrogen) atoms. The van der Waals surface area contributed by atoms with Gasteiger partial charge in [0.2, 0.25) is 0 Å². The number of carbonyl (C=O) groups is 1. The number of hydrogen-bond donors (Lipinski definition) is 1. The van der Waals surface area contributed by atoms with Gasteiger partial charge in [-0.3, -0.25) is 4.79 Å². The molecular weight excluding hydrogens is 349 g/mol. The summed E-state index contributed by atoms with van der Waals surface area (Å²) in [6.07, 6.45) is 0. The molecule has 0 heterocycles. The maximum Gasteiger partial charge on any atom is 0.258 e. The van der Waals surface area contributed by atoms with Gasteiger partial charge in [-0.25, -0.2) is 4.39 Å². The van der Waals surface area contributed by atoms with Crippen molar-refractivity contribution in [3.63, 3.8) is 0 Å². The molecule has 0 bridgehead atoms. The van der Waals surface area contributed by atoms with Crippen LogP contribution in [0.4, 0.5) is 4.39 Å². The van der Waals surface area contributed by atoms with Crippen LogP contribution in [0.15, 0.2) is 42.5 Å². The third kappa shape index (κ3) is 6.51.